The van der Waals surface area contributed by atoms with Crippen molar-refractivity contribution < 1.29 is 4.79 Å². The summed E-state index contributed by atoms with van der Waals surface area (Å²) in [5.74, 6) is -0.00829. The predicted molar refractivity (Wildman–Crippen MR) is 53.8 cm³/mol. The summed E-state index contributed by atoms with van der Waals surface area (Å²) in [6, 6.07) is 0. The van der Waals surface area contributed by atoms with E-state index in [1.165, 1.54) is 0 Å². The molecule has 1 amide bonds. The number of amides is 1. The number of aryl methyl sites for hydroxylation is 1. The lowest BCUT2D eigenvalue weighted by atomic mass is 10.3. The van der Waals surface area contributed by atoms with Gasteiger partial charge in [-0.15, -0.1) is 0 Å². The maximum atomic E-state index is 11.8. The number of likely N-dealkylation sites (N-methyl/N-ethyl adjacent to an activating group) is 1. The summed E-state index contributed by atoms with van der Waals surface area (Å²) < 4.78 is 1.61. The molecule has 0 bridgehead atoms. The molecule has 0 unspecified atom stereocenters. The molecule has 1 aromatic rings. The molecular formula is C9H16N4O. The summed E-state index contributed by atoms with van der Waals surface area (Å²) in [5.41, 5.74) is 6.03. The lowest BCUT2D eigenvalue weighted by molar-refractivity contribution is 0.0769. The zero-order valence-corrected chi connectivity index (χ0v) is 8.60. The standard InChI is InChI=1S/C9H16N4O/c1-3-13(5-4-10)9(14)8-6-11-12(2)7-8/h6-7H,3-5,10H2,1-2H3. The maximum Gasteiger partial charge on any atom is 0.257 e. The molecule has 0 aromatic carbocycles. The van der Waals surface area contributed by atoms with Crippen LogP contribution in [0.3, 0.4) is 0 Å². The first-order chi connectivity index (χ1) is 6.69. The molecule has 1 heterocycles. The first kappa shape index (κ1) is 10.7. The molecule has 1 rings (SSSR count). The second-order valence-corrected chi connectivity index (χ2v) is 3.08. The van der Waals surface area contributed by atoms with Crippen LogP contribution >= 0.6 is 0 Å². The highest BCUT2D eigenvalue weighted by atomic mass is 16.2. The second-order valence-electron chi connectivity index (χ2n) is 3.08. The van der Waals surface area contributed by atoms with Crippen molar-refractivity contribution in [1.29, 1.82) is 0 Å². The summed E-state index contributed by atoms with van der Waals surface area (Å²) in [6.07, 6.45) is 3.28. The number of nitrogens with zero attached hydrogens (tertiary/aromatic N) is 3. The minimum atomic E-state index is -0.00829. The fraction of sp³-hybridized carbons (Fsp3) is 0.556. The van der Waals surface area contributed by atoms with Gasteiger partial charge in [-0.1, -0.05) is 0 Å². The van der Waals surface area contributed by atoms with Gasteiger partial charge in [0, 0.05) is 32.9 Å². The smallest absolute Gasteiger partial charge is 0.257 e. The summed E-state index contributed by atoms with van der Waals surface area (Å²) >= 11 is 0. The lowest BCUT2D eigenvalue weighted by Crippen LogP contribution is -2.34. The molecule has 0 aliphatic rings. The molecule has 0 aliphatic carbocycles. The van der Waals surface area contributed by atoms with Crippen LogP contribution in [-0.2, 0) is 7.05 Å². The SMILES string of the molecule is CCN(CCN)C(=O)c1cnn(C)c1. The van der Waals surface area contributed by atoms with E-state index in [0.29, 0.717) is 25.2 Å². The van der Waals surface area contributed by atoms with Crippen LogP contribution in [0.1, 0.15) is 17.3 Å². The zero-order chi connectivity index (χ0) is 10.6. The Morgan fingerprint density at radius 2 is 2.43 bits per heavy atom. The highest BCUT2D eigenvalue weighted by molar-refractivity contribution is 5.93. The monoisotopic (exact) mass is 196 g/mol. The van der Waals surface area contributed by atoms with E-state index in [1.54, 1.807) is 29.0 Å². The molecule has 2 N–H and O–H groups in total. The number of nitrogens with two attached hydrogens (primary N) is 1. The fourth-order valence-corrected chi connectivity index (χ4v) is 1.27. The van der Waals surface area contributed by atoms with Crippen LogP contribution in [0.4, 0.5) is 0 Å². The summed E-state index contributed by atoms with van der Waals surface area (Å²) in [7, 11) is 1.79. The zero-order valence-electron chi connectivity index (χ0n) is 8.60. The third kappa shape index (κ3) is 2.32. The third-order valence-electron chi connectivity index (χ3n) is 2.02. The normalized spacial score (nSPS) is 10.2. The second kappa shape index (κ2) is 4.76. The van der Waals surface area contributed by atoms with Gasteiger partial charge in [0.1, 0.15) is 0 Å². The van der Waals surface area contributed by atoms with Crippen LogP contribution in [0.15, 0.2) is 12.4 Å². The van der Waals surface area contributed by atoms with E-state index in [9.17, 15) is 4.79 Å². The number of carbonyl (C=O) groups is 1. The van der Waals surface area contributed by atoms with Gasteiger partial charge >= 0.3 is 0 Å². The summed E-state index contributed by atoms with van der Waals surface area (Å²) in [5, 5.41) is 3.95. The molecular weight excluding hydrogens is 180 g/mol. The van der Waals surface area contributed by atoms with Gasteiger partial charge in [0.25, 0.3) is 5.91 Å². The Morgan fingerprint density at radius 3 is 2.86 bits per heavy atom. The van der Waals surface area contributed by atoms with Gasteiger partial charge in [0.05, 0.1) is 11.8 Å². The topological polar surface area (TPSA) is 64.2 Å². The van der Waals surface area contributed by atoms with Crippen LogP contribution in [0, 0.1) is 0 Å². The van der Waals surface area contributed by atoms with Gasteiger partial charge in [0.15, 0.2) is 0 Å². The first-order valence-corrected chi connectivity index (χ1v) is 4.67. The Bertz CT molecular complexity index is 308. The van der Waals surface area contributed by atoms with E-state index in [4.69, 9.17) is 5.73 Å². The average Bonchev–Trinajstić information content (AvgIpc) is 2.60. The van der Waals surface area contributed by atoms with Crippen molar-refractivity contribution in [3.63, 3.8) is 0 Å². The predicted octanol–water partition coefficient (Wildman–Crippen LogP) is -0.159. The summed E-state index contributed by atoms with van der Waals surface area (Å²) in [6.45, 7) is 3.68. The molecule has 5 heteroatoms. The minimum absolute atomic E-state index is 0.00829. The van der Waals surface area contributed by atoms with Gasteiger partial charge in [0.2, 0.25) is 0 Å². The molecule has 0 radical (unpaired) electrons. The molecule has 0 aliphatic heterocycles. The van der Waals surface area contributed by atoms with Gasteiger partial charge < -0.3 is 10.6 Å². The van der Waals surface area contributed by atoms with E-state index in [-0.39, 0.29) is 5.91 Å². The molecule has 0 spiro atoms. The fourth-order valence-electron chi connectivity index (χ4n) is 1.27. The molecule has 0 saturated heterocycles. The van der Waals surface area contributed by atoms with Crippen LogP contribution < -0.4 is 5.73 Å². The largest absolute Gasteiger partial charge is 0.338 e. The Labute approximate surface area is 83.5 Å². The van der Waals surface area contributed by atoms with Crippen molar-refractivity contribution >= 4 is 5.91 Å². The summed E-state index contributed by atoms with van der Waals surface area (Å²) in [4.78, 5) is 13.5. The van der Waals surface area contributed by atoms with Crippen molar-refractivity contribution in [3.05, 3.63) is 18.0 Å². The van der Waals surface area contributed by atoms with E-state index in [2.05, 4.69) is 5.10 Å². The number of rotatable bonds is 4. The van der Waals surface area contributed by atoms with Gasteiger partial charge in [-0.2, -0.15) is 5.10 Å². The first-order valence-electron chi connectivity index (χ1n) is 4.67. The van der Waals surface area contributed by atoms with Crippen LogP contribution in [0.5, 0.6) is 0 Å². The third-order valence-corrected chi connectivity index (χ3v) is 2.02. The van der Waals surface area contributed by atoms with Crippen molar-refractivity contribution in [2.45, 2.75) is 6.92 Å². The van der Waals surface area contributed by atoms with E-state index < -0.39 is 0 Å². The Balaban J connectivity index is 2.72. The Hall–Kier alpha value is -1.36. The van der Waals surface area contributed by atoms with E-state index >= 15 is 0 Å². The van der Waals surface area contributed by atoms with E-state index in [0.717, 1.165) is 0 Å². The van der Waals surface area contributed by atoms with Crippen LogP contribution in [0.2, 0.25) is 0 Å². The highest BCUT2D eigenvalue weighted by Crippen LogP contribution is 2.02. The van der Waals surface area contributed by atoms with Crippen molar-refractivity contribution in [1.82, 2.24) is 14.7 Å². The van der Waals surface area contributed by atoms with Crippen LogP contribution in [-0.4, -0.2) is 40.2 Å². The van der Waals surface area contributed by atoms with Crippen molar-refractivity contribution in [2.24, 2.45) is 12.8 Å². The number of carbonyl (C=O) groups excluding carboxylic acids is 1. The Kier molecular flexibility index (Phi) is 3.64. The average molecular weight is 196 g/mol. The van der Waals surface area contributed by atoms with Crippen molar-refractivity contribution in [3.8, 4) is 0 Å². The lowest BCUT2D eigenvalue weighted by Gasteiger charge is -2.18. The molecule has 0 atom stereocenters. The van der Waals surface area contributed by atoms with Crippen LogP contribution in [0.25, 0.3) is 0 Å². The number of hydrogen-bond acceptors (Lipinski definition) is 3. The van der Waals surface area contributed by atoms with Crippen molar-refractivity contribution in [2.75, 3.05) is 19.6 Å². The van der Waals surface area contributed by atoms with Gasteiger partial charge in [-0.3, -0.25) is 9.48 Å². The molecule has 0 saturated carbocycles. The molecule has 78 valence electrons. The molecule has 0 fully saturated rings. The number of hydrogen-bond donors (Lipinski definition) is 1. The molecule has 1 aromatic heterocycles. The van der Waals surface area contributed by atoms with E-state index in [1.807, 2.05) is 6.92 Å². The maximum absolute atomic E-state index is 11.8. The quantitative estimate of drug-likeness (QED) is 0.727. The highest BCUT2D eigenvalue weighted by Gasteiger charge is 2.14. The van der Waals surface area contributed by atoms with Gasteiger partial charge in [-0.05, 0) is 6.92 Å². The molecule has 5 nitrogen and oxygen atoms in total. The van der Waals surface area contributed by atoms with Gasteiger partial charge in [-0.25, -0.2) is 0 Å². The Morgan fingerprint density at radius 1 is 1.71 bits per heavy atom. The molecule has 14 heavy (non-hydrogen) atoms. The minimum Gasteiger partial charge on any atom is -0.338 e. The number of aromatic nitrogens is 2.